The molecule has 2 heterocycles. The number of aromatic nitrogens is 1. The number of aliphatic hydroxyl groups is 1. The van der Waals surface area contributed by atoms with Gasteiger partial charge in [-0.1, -0.05) is 11.6 Å². The molecule has 0 aliphatic carbocycles. The van der Waals surface area contributed by atoms with Crippen molar-refractivity contribution in [2.75, 3.05) is 18.1 Å². The summed E-state index contributed by atoms with van der Waals surface area (Å²) >= 11 is 5.79. The van der Waals surface area contributed by atoms with Gasteiger partial charge in [-0.15, -0.1) is 0 Å². The van der Waals surface area contributed by atoms with Crippen LogP contribution in [0.4, 0.5) is 5.82 Å². The summed E-state index contributed by atoms with van der Waals surface area (Å²) in [7, 11) is 0. The van der Waals surface area contributed by atoms with Crippen molar-refractivity contribution >= 4 is 23.4 Å². The number of aromatic carboxylic acids is 1. The molecule has 1 aliphatic heterocycles. The lowest BCUT2D eigenvalue weighted by Crippen LogP contribution is -2.42. The number of carboxylic acid groups (broad SMARTS) is 1. The standard InChI is InChI=1S/C12H15ClN2O3/c13-9-4-5-10(14-11(9)12(17)18)15-6-2-1-3-8(15)7-16/h4-5,8,16H,1-3,6-7H2,(H,17,18). The van der Waals surface area contributed by atoms with Crippen LogP contribution in [0.3, 0.4) is 0 Å². The van der Waals surface area contributed by atoms with E-state index in [0.717, 1.165) is 25.8 Å². The first-order valence-corrected chi connectivity index (χ1v) is 6.28. The first kappa shape index (κ1) is 13.1. The van der Waals surface area contributed by atoms with Crippen LogP contribution in [0.25, 0.3) is 0 Å². The molecule has 0 spiro atoms. The highest BCUT2D eigenvalue weighted by molar-refractivity contribution is 6.33. The molecule has 18 heavy (non-hydrogen) atoms. The molecular weight excluding hydrogens is 256 g/mol. The van der Waals surface area contributed by atoms with Gasteiger partial charge in [-0.3, -0.25) is 0 Å². The van der Waals surface area contributed by atoms with Crippen molar-refractivity contribution in [3.8, 4) is 0 Å². The predicted molar refractivity (Wildman–Crippen MR) is 68.3 cm³/mol. The normalized spacial score (nSPS) is 19.9. The average molecular weight is 271 g/mol. The Morgan fingerprint density at radius 1 is 1.50 bits per heavy atom. The fourth-order valence-electron chi connectivity index (χ4n) is 2.23. The topological polar surface area (TPSA) is 73.7 Å². The zero-order valence-corrected chi connectivity index (χ0v) is 10.6. The second-order valence-electron chi connectivity index (χ2n) is 4.33. The molecule has 0 saturated carbocycles. The number of rotatable bonds is 3. The Morgan fingerprint density at radius 2 is 2.28 bits per heavy atom. The summed E-state index contributed by atoms with van der Waals surface area (Å²) in [5, 5.41) is 18.5. The van der Waals surface area contributed by atoms with Crippen LogP contribution in [-0.4, -0.2) is 40.4 Å². The van der Waals surface area contributed by atoms with E-state index < -0.39 is 5.97 Å². The second-order valence-corrected chi connectivity index (χ2v) is 4.74. The van der Waals surface area contributed by atoms with Gasteiger partial charge in [-0.25, -0.2) is 9.78 Å². The van der Waals surface area contributed by atoms with Crippen molar-refractivity contribution in [3.05, 3.63) is 22.8 Å². The van der Waals surface area contributed by atoms with E-state index in [9.17, 15) is 9.90 Å². The van der Waals surface area contributed by atoms with Crippen LogP contribution in [0.5, 0.6) is 0 Å². The molecule has 2 N–H and O–H groups in total. The Balaban J connectivity index is 2.32. The van der Waals surface area contributed by atoms with Gasteiger partial charge in [0.15, 0.2) is 5.69 Å². The largest absolute Gasteiger partial charge is 0.476 e. The van der Waals surface area contributed by atoms with Crippen molar-refractivity contribution in [1.82, 2.24) is 4.98 Å². The van der Waals surface area contributed by atoms with E-state index in [4.69, 9.17) is 16.7 Å². The molecule has 1 aliphatic rings. The fourth-order valence-corrected chi connectivity index (χ4v) is 2.42. The van der Waals surface area contributed by atoms with Crippen LogP contribution in [0.1, 0.15) is 29.8 Å². The van der Waals surface area contributed by atoms with E-state index >= 15 is 0 Å². The van der Waals surface area contributed by atoms with Gasteiger partial charge >= 0.3 is 5.97 Å². The minimum atomic E-state index is -1.14. The third kappa shape index (κ3) is 2.57. The minimum Gasteiger partial charge on any atom is -0.476 e. The highest BCUT2D eigenvalue weighted by atomic mass is 35.5. The van der Waals surface area contributed by atoms with E-state index in [1.54, 1.807) is 6.07 Å². The highest BCUT2D eigenvalue weighted by Gasteiger charge is 2.24. The van der Waals surface area contributed by atoms with Crippen molar-refractivity contribution in [2.45, 2.75) is 25.3 Å². The number of hydrogen-bond donors (Lipinski definition) is 2. The summed E-state index contributed by atoms with van der Waals surface area (Å²) in [6, 6.07) is 3.24. The minimum absolute atomic E-state index is 0.00840. The lowest BCUT2D eigenvalue weighted by molar-refractivity contribution is 0.0690. The molecule has 1 unspecified atom stereocenters. The fraction of sp³-hybridized carbons (Fsp3) is 0.500. The molecule has 98 valence electrons. The molecule has 0 bridgehead atoms. The maximum absolute atomic E-state index is 11.0. The molecule has 6 heteroatoms. The number of piperidine rings is 1. The predicted octanol–water partition coefficient (Wildman–Crippen LogP) is 1.78. The van der Waals surface area contributed by atoms with Gasteiger partial charge < -0.3 is 15.1 Å². The van der Waals surface area contributed by atoms with Crippen LogP contribution >= 0.6 is 11.6 Å². The molecule has 5 nitrogen and oxygen atoms in total. The van der Waals surface area contributed by atoms with Crippen LogP contribution in [0, 0.1) is 0 Å². The molecular formula is C12H15ClN2O3. The Morgan fingerprint density at radius 3 is 2.94 bits per heavy atom. The van der Waals surface area contributed by atoms with Crippen LogP contribution < -0.4 is 4.90 Å². The van der Waals surface area contributed by atoms with Crippen molar-refractivity contribution in [1.29, 1.82) is 0 Å². The number of carboxylic acids is 1. The summed E-state index contributed by atoms with van der Waals surface area (Å²) in [6.07, 6.45) is 2.98. The van der Waals surface area contributed by atoms with E-state index in [1.807, 2.05) is 4.90 Å². The molecule has 0 radical (unpaired) electrons. The van der Waals surface area contributed by atoms with Crippen molar-refractivity contribution < 1.29 is 15.0 Å². The number of hydrogen-bond acceptors (Lipinski definition) is 4. The summed E-state index contributed by atoms with van der Waals surface area (Å²) < 4.78 is 0. The Labute approximate surface area is 110 Å². The van der Waals surface area contributed by atoms with Crippen LogP contribution in [0.15, 0.2) is 12.1 Å². The number of halogens is 1. The Hall–Kier alpha value is -1.33. The van der Waals surface area contributed by atoms with Crippen LogP contribution in [-0.2, 0) is 0 Å². The maximum atomic E-state index is 11.0. The average Bonchev–Trinajstić information content (AvgIpc) is 2.39. The van der Waals surface area contributed by atoms with E-state index in [2.05, 4.69) is 4.98 Å². The monoisotopic (exact) mass is 270 g/mol. The van der Waals surface area contributed by atoms with Gasteiger partial charge in [0, 0.05) is 6.54 Å². The summed E-state index contributed by atoms with van der Waals surface area (Å²) in [5.41, 5.74) is -0.142. The first-order valence-electron chi connectivity index (χ1n) is 5.91. The zero-order valence-electron chi connectivity index (χ0n) is 9.84. The second kappa shape index (κ2) is 5.54. The van der Waals surface area contributed by atoms with E-state index in [0.29, 0.717) is 5.82 Å². The lowest BCUT2D eigenvalue weighted by atomic mass is 10.0. The number of carbonyl (C=O) groups is 1. The molecule has 1 aromatic heterocycles. The van der Waals surface area contributed by atoms with Crippen LogP contribution in [0.2, 0.25) is 5.02 Å². The molecule has 0 amide bonds. The molecule has 0 aromatic carbocycles. The molecule has 1 saturated heterocycles. The number of nitrogens with zero attached hydrogens (tertiary/aromatic N) is 2. The zero-order chi connectivity index (χ0) is 13.1. The Bertz CT molecular complexity index is 453. The van der Waals surface area contributed by atoms with Gasteiger partial charge in [0.05, 0.1) is 17.7 Å². The maximum Gasteiger partial charge on any atom is 0.356 e. The first-order chi connectivity index (χ1) is 8.63. The van der Waals surface area contributed by atoms with E-state index in [-0.39, 0.29) is 23.4 Å². The number of aliphatic hydroxyl groups excluding tert-OH is 1. The third-order valence-corrected chi connectivity index (χ3v) is 3.47. The summed E-state index contributed by atoms with van der Waals surface area (Å²) in [6.45, 7) is 0.825. The molecule has 2 rings (SSSR count). The Kier molecular flexibility index (Phi) is 4.04. The number of pyridine rings is 1. The van der Waals surface area contributed by atoms with Crippen molar-refractivity contribution in [3.63, 3.8) is 0 Å². The third-order valence-electron chi connectivity index (χ3n) is 3.17. The molecule has 1 fully saturated rings. The summed E-state index contributed by atoms with van der Waals surface area (Å²) in [4.78, 5) is 17.0. The van der Waals surface area contributed by atoms with Crippen molar-refractivity contribution in [2.24, 2.45) is 0 Å². The van der Waals surface area contributed by atoms with Gasteiger partial charge in [0.25, 0.3) is 0 Å². The van der Waals surface area contributed by atoms with Gasteiger partial charge in [-0.2, -0.15) is 0 Å². The quantitative estimate of drug-likeness (QED) is 0.876. The number of anilines is 1. The lowest BCUT2D eigenvalue weighted by Gasteiger charge is -2.35. The SMILES string of the molecule is O=C(O)c1nc(N2CCCCC2CO)ccc1Cl. The van der Waals surface area contributed by atoms with Gasteiger partial charge in [0.1, 0.15) is 5.82 Å². The summed E-state index contributed by atoms with van der Waals surface area (Å²) in [5.74, 6) is -0.574. The van der Waals surface area contributed by atoms with Gasteiger partial charge in [0.2, 0.25) is 0 Å². The molecule has 1 atom stereocenters. The van der Waals surface area contributed by atoms with E-state index in [1.165, 1.54) is 6.07 Å². The highest BCUT2D eigenvalue weighted by Crippen LogP contribution is 2.25. The molecule has 1 aromatic rings. The van der Waals surface area contributed by atoms with Gasteiger partial charge in [-0.05, 0) is 31.4 Å². The smallest absolute Gasteiger partial charge is 0.356 e.